The lowest BCUT2D eigenvalue weighted by atomic mass is 10.2. The van der Waals surface area contributed by atoms with E-state index in [1.54, 1.807) is 18.2 Å². The molecule has 0 aliphatic heterocycles. The molecule has 0 amide bonds. The Balaban J connectivity index is 2.36. The Bertz CT molecular complexity index is 957. The van der Waals surface area contributed by atoms with Gasteiger partial charge in [-0.05, 0) is 25.1 Å². The Morgan fingerprint density at radius 1 is 1.33 bits per heavy atom. The van der Waals surface area contributed by atoms with Crippen LogP contribution in [-0.4, -0.2) is 19.5 Å². The van der Waals surface area contributed by atoms with Crippen molar-refractivity contribution in [3.63, 3.8) is 0 Å². The van der Waals surface area contributed by atoms with Crippen LogP contribution in [0.5, 0.6) is 0 Å². The van der Waals surface area contributed by atoms with Crippen molar-refractivity contribution < 1.29 is 0 Å². The molecule has 2 aromatic heterocycles. The van der Waals surface area contributed by atoms with Crippen LogP contribution < -0.4 is 11.2 Å². The monoisotopic (exact) mass is 368 g/mol. The van der Waals surface area contributed by atoms with E-state index in [4.69, 9.17) is 11.6 Å². The standard InChI is InChI=1S/C13H10BrClN4O2/c1-2-19-11-9(12(20)18-13(19)21)16-10(17-11)7-5-6(15)3-4-8(7)14/h3-5H,2H2,1H3,(H,16,17)(H,18,20,21). The third-order valence-electron chi connectivity index (χ3n) is 3.13. The summed E-state index contributed by atoms with van der Waals surface area (Å²) in [5, 5.41) is 0.551. The highest BCUT2D eigenvalue weighted by Gasteiger charge is 2.14. The number of hydrogen-bond acceptors (Lipinski definition) is 3. The summed E-state index contributed by atoms with van der Waals surface area (Å²) in [5.74, 6) is 0.470. The second-order valence-electron chi connectivity index (χ2n) is 4.41. The van der Waals surface area contributed by atoms with Gasteiger partial charge >= 0.3 is 5.69 Å². The molecule has 3 rings (SSSR count). The summed E-state index contributed by atoms with van der Waals surface area (Å²) >= 11 is 9.41. The fraction of sp³-hybridized carbons (Fsp3) is 0.154. The van der Waals surface area contributed by atoms with Crippen molar-refractivity contribution in [3.05, 3.63) is 48.5 Å². The molecule has 108 valence electrons. The van der Waals surface area contributed by atoms with Crippen LogP contribution in [0, 0.1) is 0 Å². The highest BCUT2D eigenvalue weighted by molar-refractivity contribution is 9.10. The van der Waals surface area contributed by atoms with E-state index in [1.807, 2.05) is 6.92 Å². The fourth-order valence-electron chi connectivity index (χ4n) is 2.14. The van der Waals surface area contributed by atoms with Gasteiger partial charge in [0, 0.05) is 21.6 Å². The van der Waals surface area contributed by atoms with Crippen molar-refractivity contribution >= 4 is 38.7 Å². The predicted octanol–water partition coefficient (Wildman–Crippen LogP) is 2.52. The van der Waals surface area contributed by atoms with E-state index >= 15 is 0 Å². The summed E-state index contributed by atoms with van der Waals surface area (Å²) in [7, 11) is 0. The fourth-order valence-corrected chi connectivity index (χ4v) is 2.75. The number of rotatable bonds is 2. The zero-order valence-electron chi connectivity index (χ0n) is 10.9. The highest BCUT2D eigenvalue weighted by atomic mass is 79.9. The van der Waals surface area contributed by atoms with E-state index in [1.165, 1.54) is 4.57 Å². The molecule has 2 heterocycles. The van der Waals surface area contributed by atoms with Gasteiger partial charge in [0.2, 0.25) is 0 Å². The molecule has 0 aliphatic rings. The van der Waals surface area contributed by atoms with Crippen molar-refractivity contribution in [1.82, 2.24) is 19.5 Å². The lowest BCUT2D eigenvalue weighted by molar-refractivity contribution is 0.720. The number of aryl methyl sites for hydroxylation is 1. The highest BCUT2D eigenvalue weighted by Crippen LogP contribution is 2.29. The van der Waals surface area contributed by atoms with E-state index in [0.717, 1.165) is 4.47 Å². The Labute approximate surface area is 131 Å². The van der Waals surface area contributed by atoms with Gasteiger partial charge in [-0.1, -0.05) is 27.5 Å². The van der Waals surface area contributed by atoms with Crippen LogP contribution in [0.2, 0.25) is 5.02 Å². The minimum atomic E-state index is -0.489. The minimum absolute atomic E-state index is 0.262. The number of imidazole rings is 1. The number of benzene rings is 1. The first-order valence-corrected chi connectivity index (χ1v) is 7.36. The molecular formula is C13H10BrClN4O2. The summed E-state index contributed by atoms with van der Waals surface area (Å²) < 4.78 is 2.18. The third kappa shape index (κ3) is 2.32. The molecule has 21 heavy (non-hydrogen) atoms. The van der Waals surface area contributed by atoms with Crippen molar-refractivity contribution in [3.8, 4) is 11.4 Å². The normalized spacial score (nSPS) is 11.2. The van der Waals surface area contributed by atoms with E-state index < -0.39 is 11.2 Å². The van der Waals surface area contributed by atoms with Gasteiger partial charge in [-0.3, -0.25) is 14.3 Å². The topological polar surface area (TPSA) is 83.5 Å². The van der Waals surface area contributed by atoms with Crippen LogP contribution >= 0.6 is 27.5 Å². The summed E-state index contributed by atoms with van der Waals surface area (Å²) in [5.41, 5.74) is 0.342. The van der Waals surface area contributed by atoms with Crippen molar-refractivity contribution in [2.75, 3.05) is 0 Å². The first kappa shape index (κ1) is 14.1. The van der Waals surface area contributed by atoms with Crippen molar-refractivity contribution in [2.45, 2.75) is 13.5 Å². The SMILES string of the molecule is CCn1c(=O)[nH]c(=O)c2[nH]c(-c3cc(Cl)ccc3Br)nc21. The van der Waals surface area contributed by atoms with Gasteiger partial charge in [0.25, 0.3) is 5.56 Å². The maximum absolute atomic E-state index is 11.9. The molecule has 8 heteroatoms. The van der Waals surface area contributed by atoms with Gasteiger partial charge in [0.15, 0.2) is 5.65 Å². The van der Waals surface area contributed by atoms with Crippen LogP contribution in [0.15, 0.2) is 32.3 Å². The average molecular weight is 370 g/mol. The van der Waals surface area contributed by atoms with Crippen molar-refractivity contribution in [1.29, 1.82) is 0 Å². The first-order valence-electron chi connectivity index (χ1n) is 6.19. The van der Waals surface area contributed by atoms with Gasteiger partial charge < -0.3 is 4.98 Å². The number of aromatic nitrogens is 4. The number of halogens is 2. The molecule has 0 fully saturated rings. The summed E-state index contributed by atoms with van der Waals surface area (Å²) in [6.45, 7) is 2.22. The van der Waals surface area contributed by atoms with Crippen LogP contribution in [0.25, 0.3) is 22.6 Å². The van der Waals surface area contributed by atoms with Crippen LogP contribution in [0.4, 0.5) is 0 Å². The van der Waals surface area contributed by atoms with E-state index in [-0.39, 0.29) is 5.52 Å². The summed E-state index contributed by atoms with van der Waals surface area (Å²) in [4.78, 5) is 33.3. The molecule has 2 N–H and O–H groups in total. The van der Waals surface area contributed by atoms with E-state index in [9.17, 15) is 9.59 Å². The second kappa shape index (κ2) is 5.16. The van der Waals surface area contributed by atoms with Gasteiger partial charge in [-0.25, -0.2) is 9.78 Å². The lowest BCUT2D eigenvalue weighted by Crippen LogP contribution is -2.29. The smallest absolute Gasteiger partial charge is 0.330 e. The number of fused-ring (bicyclic) bond motifs is 1. The lowest BCUT2D eigenvalue weighted by Gasteiger charge is -2.01. The molecular weight excluding hydrogens is 360 g/mol. The van der Waals surface area contributed by atoms with Crippen molar-refractivity contribution in [2.24, 2.45) is 0 Å². The maximum atomic E-state index is 11.9. The number of hydrogen-bond donors (Lipinski definition) is 2. The van der Waals surface area contributed by atoms with E-state index in [2.05, 4.69) is 30.9 Å². The molecule has 0 radical (unpaired) electrons. The molecule has 0 aliphatic carbocycles. The summed E-state index contributed by atoms with van der Waals surface area (Å²) in [6, 6.07) is 5.26. The number of H-pyrrole nitrogens is 2. The molecule has 6 nitrogen and oxygen atoms in total. The molecule has 0 saturated heterocycles. The average Bonchev–Trinajstić information content (AvgIpc) is 2.87. The minimum Gasteiger partial charge on any atom is -0.332 e. The molecule has 0 spiro atoms. The van der Waals surface area contributed by atoms with Gasteiger partial charge in [-0.2, -0.15) is 0 Å². The zero-order valence-corrected chi connectivity index (χ0v) is 13.2. The van der Waals surface area contributed by atoms with Gasteiger partial charge in [0.05, 0.1) is 0 Å². The Morgan fingerprint density at radius 2 is 2.10 bits per heavy atom. The molecule has 3 aromatic rings. The quantitative estimate of drug-likeness (QED) is 0.728. The third-order valence-corrected chi connectivity index (χ3v) is 4.06. The molecule has 1 aromatic carbocycles. The predicted molar refractivity (Wildman–Crippen MR) is 84.8 cm³/mol. The van der Waals surface area contributed by atoms with Crippen LogP contribution in [0.3, 0.4) is 0 Å². The van der Waals surface area contributed by atoms with Gasteiger partial charge in [0.1, 0.15) is 11.3 Å². The summed E-state index contributed by atoms with van der Waals surface area (Å²) in [6.07, 6.45) is 0. The molecule has 0 saturated carbocycles. The molecule has 0 atom stereocenters. The Hall–Kier alpha value is -1.86. The largest absolute Gasteiger partial charge is 0.332 e. The van der Waals surface area contributed by atoms with Gasteiger partial charge in [-0.15, -0.1) is 0 Å². The van der Waals surface area contributed by atoms with Crippen LogP contribution in [0.1, 0.15) is 6.92 Å². The van der Waals surface area contributed by atoms with Crippen LogP contribution in [-0.2, 0) is 6.54 Å². The first-order chi connectivity index (χ1) is 10.0. The zero-order chi connectivity index (χ0) is 15.1. The number of nitrogens with zero attached hydrogens (tertiary/aromatic N) is 2. The van der Waals surface area contributed by atoms with E-state index in [0.29, 0.717) is 28.6 Å². The molecule has 0 unspecified atom stereocenters. The Morgan fingerprint density at radius 3 is 2.81 bits per heavy atom. The second-order valence-corrected chi connectivity index (χ2v) is 5.70. The maximum Gasteiger partial charge on any atom is 0.330 e. The number of aromatic amines is 2. The number of nitrogens with one attached hydrogen (secondary N) is 2. The Kier molecular flexibility index (Phi) is 3.46. The molecule has 0 bridgehead atoms.